The fourth-order valence-corrected chi connectivity index (χ4v) is 3.34. The van der Waals surface area contributed by atoms with Crippen molar-refractivity contribution in [2.45, 2.75) is 51.8 Å². The van der Waals surface area contributed by atoms with Crippen LogP contribution < -0.4 is 0 Å². The van der Waals surface area contributed by atoms with Gasteiger partial charge in [0.1, 0.15) is 5.82 Å². The van der Waals surface area contributed by atoms with E-state index in [0.717, 1.165) is 29.7 Å². The van der Waals surface area contributed by atoms with Gasteiger partial charge < -0.3 is 4.57 Å². The monoisotopic (exact) mass is 308 g/mol. The first kappa shape index (κ1) is 16.0. The molecule has 1 heterocycles. The molecule has 0 saturated heterocycles. The minimum absolute atomic E-state index is 0.146. The van der Waals surface area contributed by atoms with Crippen molar-refractivity contribution in [1.29, 1.82) is 0 Å². The molecular formula is C16H24N2O2S. The third-order valence-corrected chi connectivity index (χ3v) is 6.31. The summed E-state index contributed by atoms with van der Waals surface area (Å²) in [4.78, 5) is 4.63. The van der Waals surface area contributed by atoms with Crippen LogP contribution in [0.3, 0.4) is 0 Å². The number of fused-ring (bicyclic) bond motifs is 1. The van der Waals surface area contributed by atoms with E-state index in [2.05, 4.69) is 16.5 Å². The van der Waals surface area contributed by atoms with Crippen LogP contribution in [0.1, 0.15) is 39.9 Å². The van der Waals surface area contributed by atoms with Crippen molar-refractivity contribution < 1.29 is 8.42 Å². The Labute approximate surface area is 127 Å². The fraction of sp³-hybridized carbons (Fsp3) is 0.562. The molecule has 0 spiro atoms. The Kier molecular flexibility index (Phi) is 4.42. The highest BCUT2D eigenvalue weighted by molar-refractivity contribution is 7.92. The van der Waals surface area contributed by atoms with E-state index in [0.29, 0.717) is 6.54 Å². The summed E-state index contributed by atoms with van der Waals surface area (Å²) in [6, 6.07) is 7.91. The van der Waals surface area contributed by atoms with E-state index in [1.165, 1.54) is 0 Å². The summed E-state index contributed by atoms with van der Waals surface area (Å²) >= 11 is 0. The molecule has 0 saturated carbocycles. The lowest BCUT2D eigenvalue weighted by molar-refractivity contribution is 0.553. The summed E-state index contributed by atoms with van der Waals surface area (Å²) in [5.41, 5.74) is 1.96. The minimum atomic E-state index is -3.12. The van der Waals surface area contributed by atoms with Gasteiger partial charge in [0.05, 0.1) is 21.5 Å². The van der Waals surface area contributed by atoms with Gasteiger partial charge in [0.2, 0.25) is 0 Å². The normalized spacial score (nSPS) is 13.0. The number of para-hydroxylation sites is 2. The van der Waals surface area contributed by atoms with E-state index in [1.54, 1.807) is 20.8 Å². The molecular weight excluding hydrogens is 284 g/mol. The van der Waals surface area contributed by atoms with E-state index in [4.69, 9.17) is 0 Å². The Balaban J connectivity index is 2.35. The smallest absolute Gasteiger partial charge is 0.156 e. The third kappa shape index (κ3) is 3.28. The maximum atomic E-state index is 12.3. The molecule has 0 aliphatic rings. The molecule has 0 fully saturated rings. The van der Waals surface area contributed by atoms with Crippen LogP contribution in [0, 0.1) is 0 Å². The topological polar surface area (TPSA) is 52.0 Å². The van der Waals surface area contributed by atoms with Gasteiger partial charge >= 0.3 is 0 Å². The molecule has 2 rings (SSSR count). The highest BCUT2D eigenvalue weighted by Crippen LogP contribution is 2.20. The van der Waals surface area contributed by atoms with Crippen LogP contribution in [0.15, 0.2) is 24.3 Å². The van der Waals surface area contributed by atoms with Crippen molar-refractivity contribution in [3.8, 4) is 0 Å². The Bertz CT molecular complexity index is 724. The molecule has 5 heteroatoms. The van der Waals surface area contributed by atoms with E-state index < -0.39 is 14.6 Å². The Hall–Kier alpha value is -1.36. The molecule has 21 heavy (non-hydrogen) atoms. The number of imidazole rings is 1. The molecule has 0 unspecified atom stereocenters. The molecule has 0 radical (unpaired) electrons. The van der Waals surface area contributed by atoms with Gasteiger partial charge in [-0.15, -0.1) is 0 Å². The first-order chi connectivity index (χ1) is 9.76. The van der Waals surface area contributed by atoms with Gasteiger partial charge in [0.25, 0.3) is 0 Å². The predicted octanol–water partition coefficient (Wildman–Crippen LogP) is 3.20. The van der Waals surface area contributed by atoms with Crippen LogP contribution >= 0.6 is 0 Å². The highest BCUT2D eigenvalue weighted by atomic mass is 32.2. The quantitative estimate of drug-likeness (QED) is 0.852. The Morgan fingerprint density at radius 1 is 1.19 bits per heavy atom. The Morgan fingerprint density at radius 2 is 1.86 bits per heavy atom. The summed E-state index contributed by atoms with van der Waals surface area (Å²) < 4.78 is 26.0. The predicted molar refractivity (Wildman–Crippen MR) is 87.3 cm³/mol. The largest absolute Gasteiger partial charge is 0.327 e. The van der Waals surface area contributed by atoms with Crippen molar-refractivity contribution in [2.24, 2.45) is 0 Å². The van der Waals surface area contributed by atoms with Crippen LogP contribution in [0.5, 0.6) is 0 Å². The maximum Gasteiger partial charge on any atom is 0.156 e. The lowest BCUT2D eigenvalue weighted by Crippen LogP contribution is -2.32. The van der Waals surface area contributed by atoms with Crippen LogP contribution in [-0.4, -0.2) is 28.5 Å². The van der Waals surface area contributed by atoms with Gasteiger partial charge in [-0.2, -0.15) is 0 Å². The van der Waals surface area contributed by atoms with Gasteiger partial charge in [0.15, 0.2) is 9.84 Å². The summed E-state index contributed by atoms with van der Waals surface area (Å²) in [6.45, 7) is 7.83. The first-order valence-electron chi connectivity index (χ1n) is 7.42. The second-order valence-electron chi connectivity index (χ2n) is 6.35. The van der Waals surface area contributed by atoms with E-state index in [9.17, 15) is 8.42 Å². The van der Waals surface area contributed by atoms with Gasteiger partial charge in [-0.3, -0.25) is 0 Å². The molecule has 0 aliphatic heterocycles. The lowest BCUT2D eigenvalue weighted by atomic mass is 10.3. The summed E-state index contributed by atoms with van der Waals surface area (Å²) in [5, 5.41) is 0. The van der Waals surface area contributed by atoms with Crippen molar-refractivity contribution in [2.75, 3.05) is 5.75 Å². The van der Waals surface area contributed by atoms with Gasteiger partial charge in [-0.1, -0.05) is 19.1 Å². The number of aromatic nitrogens is 2. The number of sulfone groups is 1. The number of nitrogens with zero attached hydrogens (tertiary/aromatic N) is 2. The standard InChI is InChI=1S/C16H24N2O2S/c1-5-8-15-17-13-9-6-7-10-14(13)18(15)11-12-21(19,20)16(2,3)4/h6-7,9-10H,5,8,11-12H2,1-4H3. The average molecular weight is 308 g/mol. The average Bonchev–Trinajstić information content (AvgIpc) is 2.73. The summed E-state index contributed by atoms with van der Waals surface area (Å²) in [6.07, 6.45) is 1.86. The van der Waals surface area contributed by atoms with Crippen LogP contribution in [0.25, 0.3) is 11.0 Å². The zero-order valence-corrected chi connectivity index (χ0v) is 14.1. The van der Waals surface area contributed by atoms with Gasteiger partial charge in [0, 0.05) is 13.0 Å². The minimum Gasteiger partial charge on any atom is -0.327 e. The van der Waals surface area contributed by atoms with Gasteiger partial charge in [-0.05, 0) is 39.3 Å². The third-order valence-electron chi connectivity index (χ3n) is 3.72. The van der Waals surface area contributed by atoms with E-state index >= 15 is 0 Å². The van der Waals surface area contributed by atoms with Gasteiger partial charge in [-0.25, -0.2) is 13.4 Å². The molecule has 116 valence electrons. The number of rotatable bonds is 5. The molecule has 0 aliphatic carbocycles. The van der Waals surface area contributed by atoms with Crippen LogP contribution in [0.2, 0.25) is 0 Å². The molecule has 0 N–H and O–H groups in total. The van der Waals surface area contributed by atoms with Crippen molar-refractivity contribution in [3.63, 3.8) is 0 Å². The van der Waals surface area contributed by atoms with E-state index in [-0.39, 0.29) is 5.75 Å². The molecule has 1 aromatic carbocycles. The molecule has 1 aromatic heterocycles. The van der Waals surface area contributed by atoms with E-state index in [1.807, 2.05) is 24.3 Å². The number of benzene rings is 1. The van der Waals surface area contributed by atoms with Crippen molar-refractivity contribution in [1.82, 2.24) is 9.55 Å². The molecule has 0 amide bonds. The number of aryl methyl sites for hydroxylation is 2. The summed E-state index contributed by atoms with van der Waals surface area (Å²) in [5.74, 6) is 1.12. The SMILES string of the molecule is CCCc1nc2ccccc2n1CCS(=O)(=O)C(C)(C)C. The second kappa shape index (κ2) is 5.79. The molecule has 4 nitrogen and oxygen atoms in total. The molecule has 0 atom stereocenters. The van der Waals surface area contributed by atoms with Crippen molar-refractivity contribution in [3.05, 3.63) is 30.1 Å². The number of hydrogen-bond acceptors (Lipinski definition) is 3. The number of hydrogen-bond donors (Lipinski definition) is 0. The lowest BCUT2D eigenvalue weighted by Gasteiger charge is -2.19. The Morgan fingerprint density at radius 3 is 2.48 bits per heavy atom. The van der Waals surface area contributed by atoms with Crippen molar-refractivity contribution >= 4 is 20.9 Å². The molecule has 2 aromatic rings. The highest BCUT2D eigenvalue weighted by Gasteiger charge is 2.28. The maximum absolute atomic E-state index is 12.3. The summed E-state index contributed by atoms with van der Waals surface area (Å²) in [7, 11) is -3.12. The van der Waals surface area contributed by atoms with Crippen LogP contribution in [0.4, 0.5) is 0 Å². The first-order valence-corrected chi connectivity index (χ1v) is 9.08. The molecule has 0 bridgehead atoms. The zero-order valence-electron chi connectivity index (χ0n) is 13.3. The van der Waals surface area contributed by atoms with Crippen LogP contribution in [-0.2, 0) is 22.8 Å². The fourth-order valence-electron chi connectivity index (χ4n) is 2.31. The zero-order chi connectivity index (χ0) is 15.7. The second-order valence-corrected chi connectivity index (χ2v) is 9.21.